The second-order valence-corrected chi connectivity index (χ2v) is 4.81. The lowest BCUT2D eigenvalue weighted by Gasteiger charge is -2.18. The van der Waals surface area contributed by atoms with Gasteiger partial charge in [-0.25, -0.2) is 9.59 Å². The van der Waals surface area contributed by atoms with Gasteiger partial charge in [0, 0.05) is 6.08 Å². The summed E-state index contributed by atoms with van der Waals surface area (Å²) in [7, 11) is 0. The molecule has 0 fully saturated rings. The largest absolute Gasteiger partial charge is 0.514 e. The Balaban J connectivity index is 2.62. The molecule has 0 atom stereocenters. The summed E-state index contributed by atoms with van der Waals surface area (Å²) in [5.74, 6) is -0.684. The SMILES string of the molecule is CC(C)(C)OC(=O)Oc1ccc(C=CC(=O)O)cc1. The molecular formula is C14H16O5. The Morgan fingerprint density at radius 3 is 2.21 bits per heavy atom. The van der Waals surface area contributed by atoms with Crippen LogP contribution in [0.4, 0.5) is 4.79 Å². The molecule has 0 amide bonds. The van der Waals surface area contributed by atoms with Crippen LogP contribution >= 0.6 is 0 Å². The molecule has 0 saturated carbocycles. The predicted molar refractivity (Wildman–Crippen MR) is 70.0 cm³/mol. The molecule has 0 heterocycles. The maximum Gasteiger partial charge on any atom is 0.514 e. The van der Waals surface area contributed by atoms with E-state index in [2.05, 4.69) is 0 Å². The fourth-order valence-corrected chi connectivity index (χ4v) is 1.18. The quantitative estimate of drug-likeness (QED) is 0.516. The number of carbonyl (C=O) groups is 2. The zero-order valence-electron chi connectivity index (χ0n) is 11.0. The molecule has 0 bridgehead atoms. The highest BCUT2D eigenvalue weighted by atomic mass is 16.7. The fourth-order valence-electron chi connectivity index (χ4n) is 1.18. The van der Waals surface area contributed by atoms with Gasteiger partial charge in [-0.2, -0.15) is 0 Å². The molecule has 1 aromatic rings. The van der Waals surface area contributed by atoms with E-state index >= 15 is 0 Å². The van der Waals surface area contributed by atoms with E-state index in [-0.39, 0.29) is 0 Å². The summed E-state index contributed by atoms with van der Waals surface area (Å²) in [6, 6.07) is 6.40. The van der Waals surface area contributed by atoms with Crippen molar-refractivity contribution in [2.24, 2.45) is 0 Å². The number of ether oxygens (including phenoxy) is 2. The van der Waals surface area contributed by atoms with Crippen LogP contribution in [0.1, 0.15) is 26.3 Å². The van der Waals surface area contributed by atoms with E-state index in [1.54, 1.807) is 45.0 Å². The number of carboxylic acids is 1. The van der Waals surface area contributed by atoms with Gasteiger partial charge in [0.05, 0.1) is 0 Å². The molecule has 0 spiro atoms. The molecule has 0 aromatic heterocycles. The van der Waals surface area contributed by atoms with Gasteiger partial charge < -0.3 is 14.6 Å². The van der Waals surface area contributed by atoms with Crippen LogP contribution in [0.5, 0.6) is 5.75 Å². The van der Waals surface area contributed by atoms with Crippen molar-refractivity contribution < 1.29 is 24.2 Å². The molecule has 0 radical (unpaired) electrons. The molecule has 1 rings (SSSR count). The molecular weight excluding hydrogens is 248 g/mol. The first kappa shape index (κ1) is 14.8. The number of aliphatic carboxylic acids is 1. The lowest BCUT2D eigenvalue weighted by atomic mass is 10.2. The van der Waals surface area contributed by atoms with E-state index in [9.17, 15) is 9.59 Å². The lowest BCUT2D eigenvalue weighted by molar-refractivity contribution is -0.131. The first-order valence-electron chi connectivity index (χ1n) is 5.68. The molecule has 5 heteroatoms. The summed E-state index contributed by atoms with van der Waals surface area (Å²) >= 11 is 0. The molecule has 0 saturated heterocycles. The summed E-state index contributed by atoms with van der Waals surface area (Å²) in [5, 5.41) is 8.48. The summed E-state index contributed by atoms with van der Waals surface area (Å²) in [4.78, 5) is 21.7. The van der Waals surface area contributed by atoms with Gasteiger partial charge in [0.1, 0.15) is 11.4 Å². The third-order valence-electron chi connectivity index (χ3n) is 1.89. The maximum atomic E-state index is 11.4. The predicted octanol–water partition coefficient (Wildman–Crippen LogP) is 3.10. The third kappa shape index (κ3) is 6.26. The van der Waals surface area contributed by atoms with Crippen LogP contribution in [-0.2, 0) is 9.53 Å². The minimum atomic E-state index is -1.02. The van der Waals surface area contributed by atoms with Crippen molar-refractivity contribution in [3.8, 4) is 5.75 Å². The lowest BCUT2D eigenvalue weighted by Crippen LogP contribution is -2.25. The Morgan fingerprint density at radius 2 is 1.74 bits per heavy atom. The molecule has 19 heavy (non-hydrogen) atoms. The van der Waals surface area contributed by atoms with E-state index in [4.69, 9.17) is 14.6 Å². The molecule has 0 unspecified atom stereocenters. The molecule has 1 aromatic carbocycles. The summed E-state index contributed by atoms with van der Waals surface area (Å²) in [6.45, 7) is 5.23. The Kier molecular flexibility index (Phi) is 4.69. The molecule has 5 nitrogen and oxygen atoms in total. The Bertz CT molecular complexity index is 480. The fraction of sp³-hybridized carbons (Fsp3) is 0.286. The maximum absolute atomic E-state index is 11.4. The standard InChI is InChI=1S/C14H16O5/c1-14(2,3)19-13(17)18-11-7-4-10(5-8-11)6-9-12(15)16/h4-9H,1-3H3,(H,15,16). The van der Waals surface area contributed by atoms with Crippen molar-refractivity contribution in [2.75, 3.05) is 0 Å². The first-order valence-corrected chi connectivity index (χ1v) is 5.68. The third-order valence-corrected chi connectivity index (χ3v) is 1.89. The van der Waals surface area contributed by atoms with Gasteiger partial charge in [0.25, 0.3) is 0 Å². The summed E-state index contributed by atoms with van der Waals surface area (Å²) < 4.78 is 9.97. The van der Waals surface area contributed by atoms with Gasteiger partial charge in [0.2, 0.25) is 0 Å². The van der Waals surface area contributed by atoms with Gasteiger partial charge in [-0.15, -0.1) is 0 Å². The van der Waals surface area contributed by atoms with E-state index < -0.39 is 17.7 Å². The Hall–Kier alpha value is -2.30. The molecule has 102 valence electrons. The van der Waals surface area contributed by atoms with E-state index in [0.717, 1.165) is 6.08 Å². The Labute approximate surface area is 111 Å². The van der Waals surface area contributed by atoms with Crippen molar-refractivity contribution in [2.45, 2.75) is 26.4 Å². The van der Waals surface area contributed by atoms with Crippen molar-refractivity contribution in [3.63, 3.8) is 0 Å². The van der Waals surface area contributed by atoms with Crippen LogP contribution < -0.4 is 4.74 Å². The second-order valence-electron chi connectivity index (χ2n) is 4.81. The zero-order chi connectivity index (χ0) is 14.5. The number of carboxylic acid groups (broad SMARTS) is 1. The molecule has 0 aliphatic carbocycles. The van der Waals surface area contributed by atoms with Crippen molar-refractivity contribution in [1.82, 2.24) is 0 Å². The first-order chi connectivity index (χ1) is 8.76. The van der Waals surface area contributed by atoms with Crippen molar-refractivity contribution >= 4 is 18.2 Å². The number of rotatable bonds is 3. The average Bonchev–Trinajstić information content (AvgIpc) is 2.25. The minimum absolute atomic E-state index is 0.335. The molecule has 0 aliphatic heterocycles. The highest BCUT2D eigenvalue weighted by molar-refractivity contribution is 5.85. The van der Waals surface area contributed by atoms with Crippen LogP contribution in [0.3, 0.4) is 0 Å². The van der Waals surface area contributed by atoms with Crippen LogP contribution in [0.2, 0.25) is 0 Å². The number of hydrogen-bond donors (Lipinski definition) is 1. The van der Waals surface area contributed by atoms with Crippen LogP contribution in [0.15, 0.2) is 30.3 Å². The van der Waals surface area contributed by atoms with E-state index in [1.807, 2.05) is 0 Å². The highest BCUT2D eigenvalue weighted by Crippen LogP contribution is 2.15. The number of benzene rings is 1. The number of carbonyl (C=O) groups excluding carboxylic acids is 1. The number of hydrogen-bond acceptors (Lipinski definition) is 4. The molecule has 1 N–H and O–H groups in total. The highest BCUT2D eigenvalue weighted by Gasteiger charge is 2.17. The Morgan fingerprint density at radius 1 is 1.16 bits per heavy atom. The van der Waals surface area contributed by atoms with Crippen LogP contribution in [0.25, 0.3) is 6.08 Å². The topological polar surface area (TPSA) is 72.8 Å². The summed E-state index contributed by atoms with van der Waals surface area (Å²) in [5.41, 5.74) is 0.0836. The van der Waals surface area contributed by atoms with Gasteiger partial charge in [-0.1, -0.05) is 12.1 Å². The zero-order valence-corrected chi connectivity index (χ0v) is 11.0. The monoisotopic (exact) mass is 264 g/mol. The average molecular weight is 264 g/mol. The van der Waals surface area contributed by atoms with Crippen LogP contribution in [0, 0.1) is 0 Å². The van der Waals surface area contributed by atoms with Gasteiger partial charge >= 0.3 is 12.1 Å². The van der Waals surface area contributed by atoms with Gasteiger partial charge in [-0.05, 0) is 44.5 Å². The van der Waals surface area contributed by atoms with E-state index in [1.165, 1.54) is 6.08 Å². The van der Waals surface area contributed by atoms with Crippen molar-refractivity contribution in [1.29, 1.82) is 0 Å². The van der Waals surface area contributed by atoms with Gasteiger partial charge in [-0.3, -0.25) is 0 Å². The molecule has 0 aliphatic rings. The van der Waals surface area contributed by atoms with Crippen molar-refractivity contribution in [3.05, 3.63) is 35.9 Å². The second kappa shape index (κ2) is 6.04. The van der Waals surface area contributed by atoms with E-state index in [0.29, 0.717) is 11.3 Å². The van der Waals surface area contributed by atoms with Crippen LogP contribution in [-0.4, -0.2) is 22.8 Å². The minimum Gasteiger partial charge on any atom is -0.478 e. The normalized spacial score (nSPS) is 11.3. The van der Waals surface area contributed by atoms with Gasteiger partial charge in [0.15, 0.2) is 0 Å². The smallest absolute Gasteiger partial charge is 0.478 e. The summed E-state index contributed by atoms with van der Waals surface area (Å²) in [6.07, 6.45) is 1.70.